The highest BCUT2D eigenvalue weighted by Gasteiger charge is 2.13. The number of nitrogens with two attached hydrogens (primary N) is 1. The third-order valence-corrected chi connectivity index (χ3v) is 3.39. The van der Waals surface area contributed by atoms with Crippen LogP contribution < -0.4 is 10.5 Å². The van der Waals surface area contributed by atoms with Crippen LogP contribution in [0.3, 0.4) is 0 Å². The smallest absolute Gasteiger partial charge is 0.241 e. The fraction of sp³-hybridized carbons (Fsp3) is 0.111. The number of hydrogen-bond acceptors (Lipinski definition) is 3. The van der Waals surface area contributed by atoms with Crippen molar-refractivity contribution in [3.63, 3.8) is 0 Å². The zero-order chi connectivity index (χ0) is 11.5. The van der Waals surface area contributed by atoms with Crippen LogP contribution in [-0.2, 0) is 10.0 Å². The minimum Gasteiger partial charge on any atom is -0.397 e. The molecular weight excluding hydrogens is 236 g/mol. The summed E-state index contributed by atoms with van der Waals surface area (Å²) in [5.74, 6) is 2.17. The molecule has 0 fully saturated rings. The highest BCUT2D eigenvalue weighted by atomic mass is 35.5. The van der Waals surface area contributed by atoms with Crippen molar-refractivity contribution in [1.82, 2.24) is 4.72 Å². The molecule has 6 heteroatoms. The lowest BCUT2D eigenvalue weighted by Crippen LogP contribution is -2.23. The van der Waals surface area contributed by atoms with Gasteiger partial charge in [-0.1, -0.05) is 17.5 Å². The molecule has 0 aliphatic heterocycles. The number of terminal acetylenes is 1. The lowest BCUT2D eigenvalue weighted by atomic mass is 10.3. The maximum Gasteiger partial charge on any atom is 0.241 e. The third kappa shape index (κ3) is 2.86. The van der Waals surface area contributed by atoms with Crippen LogP contribution >= 0.6 is 11.6 Å². The van der Waals surface area contributed by atoms with Crippen molar-refractivity contribution < 1.29 is 8.42 Å². The van der Waals surface area contributed by atoms with Gasteiger partial charge in [-0.25, -0.2) is 8.42 Å². The van der Waals surface area contributed by atoms with Gasteiger partial charge in [0.2, 0.25) is 10.0 Å². The van der Waals surface area contributed by atoms with Gasteiger partial charge in [0.1, 0.15) is 0 Å². The first-order valence-electron chi connectivity index (χ1n) is 3.95. The van der Waals surface area contributed by atoms with E-state index in [1.807, 2.05) is 0 Å². The van der Waals surface area contributed by atoms with Crippen LogP contribution in [0.2, 0.25) is 5.02 Å². The summed E-state index contributed by atoms with van der Waals surface area (Å²) in [6.45, 7) is -0.0646. The summed E-state index contributed by atoms with van der Waals surface area (Å²) in [5, 5.41) is 0.311. The van der Waals surface area contributed by atoms with Gasteiger partial charge in [0.15, 0.2) is 0 Å². The predicted molar refractivity (Wildman–Crippen MR) is 59.9 cm³/mol. The average Bonchev–Trinajstić information content (AvgIpc) is 2.19. The predicted octanol–water partition coefficient (Wildman–Crippen LogP) is 0.834. The van der Waals surface area contributed by atoms with E-state index in [0.717, 1.165) is 0 Å². The third-order valence-electron chi connectivity index (χ3n) is 1.64. The molecular formula is C9H9ClN2O2S. The Morgan fingerprint density at radius 1 is 1.53 bits per heavy atom. The van der Waals surface area contributed by atoms with Gasteiger partial charge in [0.25, 0.3) is 0 Å². The minimum atomic E-state index is -3.59. The molecule has 0 aliphatic carbocycles. The molecule has 0 radical (unpaired) electrons. The van der Waals surface area contributed by atoms with Crippen molar-refractivity contribution >= 4 is 27.3 Å². The largest absolute Gasteiger partial charge is 0.397 e. The number of nitrogens with one attached hydrogen (secondary N) is 1. The van der Waals surface area contributed by atoms with Gasteiger partial charge in [-0.15, -0.1) is 6.42 Å². The Bertz CT molecular complexity index is 505. The van der Waals surface area contributed by atoms with Gasteiger partial charge in [-0.2, -0.15) is 4.72 Å². The molecule has 0 saturated heterocycles. The van der Waals surface area contributed by atoms with Gasteiger partial charge in [0.05, 0.1) is 22.2 Å². The van der Waals surface area contributed by atoms with Gasteiger partial charge >= 0.3 is 0 Å². The molecule has 0 aliphatic rings. The van der Waals surface area contributed by atoms with E-state index in [0.29, 0.717) is 5.02 Å². The van der Waals surface area contributed by atoms with E-state index in [2.05, 4.69) is 10.6 Å². The zero-order valence-electron chi connectivity index (χ0n) is 7.70. The number of benzene rings is 1. The number of nitrogen functional groups attached to an aromatic ring is 1. The monoisotopic (exact) mass is 244 g/mol. The fourth-order valence-corrected chi connectivity index (χ4v) is 2.00. The molecule has 0 aromatic heterocycles. The second kappa shape index (κ2) is 4.53. The SMILES string of the molecule is C#CCNS(=O)(=O)c1ccc(Cl)c(N)c1. The first-order chi connectivity index (χ1) is 6.97. The summed E-state index contributed by atoms with van der Waals surface area (Å²) < 4.78 is 25.3. The van der Waals surface area contributed by atoms with Crippen molar-refractivity contribution in [1.29, 1.82) is 0 Å². The van der Waals surface area contributed by atoms with Crippen molar-refractivity contribution in [3.8, 4) is 12.3 Å². The first-order valence-corrected chi connectivity index (χ1v) is 5.81. The summed E-state index contributed by atoms with van der Waals surface area (Å²) in [6, 6.07) is 4.06. The Morgan fingerprint density at radius 2 is 2.20 bits per heavy atom. The van der Waals surface area contributed by atoms with E-state index in [1.54, 1.807) is 0 Å². The summed E-state index contributed by atoms with van der Waals surface area (Å²) >= 11 is 5.66. The number of rotatable bonds is 3. The molecule has 3 N–H and O–H groups in total. The number of sulfonamides is 1. The number of anilines is 1. The number of hydrogen-bond donors (Lipinski definition) is 2. The van der Waals surface area contributed by atoms with Gasteiger partial charge in [-0.05, 0) is 18.2 Å². The quantitative estimate of drug-likeness (QED) is 0.611. The molecule has 1 aromatic rings. The summed E-state index contributed by atoms with van der Waals surface area (Å²) in [7, 11) is -3.59. The Kier molecular flexibility index (Phi) is 3.58. The lowest BCUT2D eigenvalue weighted by molar-refractivity contribution is 0.586. The molecule has 0 saturated carbocycles. The normalized spacial score (nSPS) is 10.9. The van der Waals surface area contributed by atoms with E-state index in [1.165, 1.54) is 18.2 Å². The lowest BCUT2D eigenvalue weighted by Gasteiger charge is -2.05. The van der Waals surface area contributed by atoms with Crippen molar-refractivity contribution in [2.24, 2.45) is 0 Å². The molecule has 15 heavy (non-hydrogen) atoms. The van der Waals surface area contributed by atoms with E-state index in [-0.39, 0.29) is 17.1 Å². The van der Waals surface area contributed by atoms with Gasteiger partial charge in [-0.3, -0.25) is 0 Å². The molecule has 0 amide bonds. The second-order valence-electron chi connectivity index (χ2n) is 2.71. The molecule has 1 rings (SSSR count). The van der Waals surface area contributed by atoms with Gasteiger partial charge in [0, 0.05) is 0 Å². The Hall–Kier alpha value is -1.22. The highest BCUT2D eigenvalue weighted by molar-refractivity contribution is 7.89. The van der Waals surface area contributed by atoms with Gasteiger partial charge < -0.3 is 5.73 Å². The van der Waals surface area contributed by atoms with Crippen LogP contribution in [-0.4, -0.2) is 15.0 Å². The van der Waals surface area contributed by atoms with Crippen LogP contribution in [0.1, 0.15) is 0 Å². The van der Waals surface area contributed by atoms with E-state index < -0.39 is 10.0 Å². The minimum absolute atomic E-state index is 0.0413. The topological polar surface area (TPSA) is 72.2 Å². The zero-order valence-corrected chi connectivity index (χ0v) is 9.27. The Morgan fingerprint density at radius 3 is 2.73 bits per heavy atom. The van der Waals surface area contributed by atoms with E-state index in [9.17, 15) is 8.42 Å². The van der Waals surface area contributed by atoms with Crippen LogP contribution in [0.25, 0.3) is 0 Å². The van der Waals surface area contributed by atoms with Crippen molar-refractivity contribution in [2.75, 3.05) is 12.3 Å². The summed E-state index contributed by atoms with van der Waals surface area (Å²) in [4.78, 5) is 0.0413. The highest BCUT2D eigenvalue weighted by Crippen LogP contribution is 2.21. The standard InChI is InChI=1S/C9H9ClN2O2S/c1-2-5-12-15(13,14)7-3-4-8(10)9(11)6-7/h1,3-4,6,12H,5,11H2. The summed E-state index contributed by atoms with van der Waals surface area (Å²) in [5.41, 5.74) is 5.69. The van der Waals surface area contributed by atoms with Crippen LogP contribution in [0, 0.1) is 12.3 Å². The Balaban J connectivity index is 3.07. The maximum absolute atomic E-state index is 11.5. The summed E-state index contributed by atoms with van der Waals surface area (Å²) in [6.07, 6.45) is 4.95. The molecule has 0 heterocycles. The molecule has 0 atom stereocenters. The first kappa shape index (κ1) is 11.9. The molecule has 1 aromatic carbocycles. The molecule has 0 unspecified atom stereocenters. The van der Waals surface area contributed by atoms with Crippen molar-refractivity contribution in [3.05, 3.63) is 23.2 Å². The molecule has 0 bridgehead atoms. The molecule has 4 nitrogen and oxygen atoms in total. The van der Waals surface area contributed by atoms with Crippen LogP contribution in [0.15, 0.2) is 23.1 Å². The van der Waals surface area contributed by atoms with Crippen LogP contribution in [0.5, 0.6) is 0 Å². The fourth-order valence-electron chi connectivity index (χ4n) is 0.909. The molecule has 80 valence electrons. The van der Waals surface area contributed by atoms with E-state index >= 15 is 0 Å². The van der Waals surface area contributed by atoms with Crippen LogP contribution in [0.4, 0.5) is 5.69 Å². The van der Waals surface area contributed by atoms with E-state index in [4.69, 9.17) is 23.8 Å². The maximum atomic E-state index is 11.5. The Labute approximate surface area is 93.5 Å². The average molecular weight is 245 g/mol. The second-order valence-corrected chi connectivity index (χ2v) is 4.89. The number of halogens is 1. The van der Waals surface area contributed by atoms with Crippen molar-refractivity contribution in [2.45, 2.75) is 4.90 Å². The molecule has 0 spiro atoms.